The summed E-state index contributed by atoms with van der Waals surface area (Å²) < 4.78 is 5.37. The highest BCUT2D eigenvalue weighted by atomic mass is 16.6. The fourth-order valence-corrected chi connectivity index (χ4v) is 1.33. The lowest BCUT2D eigenvalue weighted by atomic mass is 10.2. The molecule has 0 amide bonds. The zero-order chi connectivity index (χ0) is 12.4. The van der Waals surface area contributed by atoms with Crippen LogP contribution < -0.4 is 10.5 Å². The van der Waals surface area contributed by atoms with Crippen molar-refractivity contribution in [2.45, 2.75) is 6.92 Å². The number of benzene rings is 1. The second-order valence-corrected chi connectivity index (χ2v) is 3.47. The van der Waals surface area contributed by atoms with Gasteiger partial charge in [0.05, 0.1) is 4.92 Å². The molecule has 1 heterocycles. The number of aryl methyl sites for hydroxylation is 1. The molecule has 88 valence electrons. The van der Waals surface area contributed by atoms with Gasteiger partial charge in [-0.15, -0.1) is 5.10 Å². The molecule has 0 radical (unpaired) electrons. The number of nitrogen functional groups attached to an aromatic ring is 1. The highest BCUT2D eigenvalue weighted by Gasteiger charge is 2.12. The summed E-state index contributed by atoms with van der Waals surface area (Å²) in [6.45, 7) is 1.84. The van der Waals surface area contributed by atoms with Gasteiger partial charge in [0, 0.05) is 23.9 Å². The molecule has 0 atom stereocenters. The van der Waals surface area contributed by atoms with Crippen molar-refractivity contribution >= 4 is 11.4 Å². The SMILES string of the molecule is Cc1cc(Oc2ccc([N+](=O)[O-])c(N)c2)n[nH]1. The molecule has 0 fully saturated rings. The molecule has 0 bridgehead atoms. The van der Waals surface area contributed by atoms with Crippen molar-refractivity contribution in [2.75, 3.05) is 5.73 Å². The zero-order valence-electron chi connectivity index (χ0n) is 9.01. The fraction of sp³-hybridized carbons (Fsp3) is 0.100. The van der Waals surface area contributed by atoms with E-state index in [9.17, 15) is 10.1 Å². The Labute approximate surface area is 96.4 Å². The second-order valence-electron chi connectivity index (χ2n) is 3.47. The van der Waals surface area contributed by atoms with Crippen molar-refractivity contribution in [3.63, 3.8) is 0 Å². The summed E-state index contributed by atoms with van der Waals surface area (Å²) in [6.07, 6.45) is 0. The summed E-state index contributed by atoms with van der Waals surface area (Å²) >= 11 is 0. The molecule has 0 spiro atoms. The number of hydrogen-bond acceptors (Lipinski definition) is 5. The van der Waals surface area contributed by atoms with Gasteiger partial charge >= 0.3 is 0 Å². The summed E-state index contributed by atoms with van der Waals surface area (Å²) in [5.74, 6) is 0.787. The maximum absolute atomic E-state index is 10.6. The Balaban J connectivity index is 2.23. The normalized spacial score (nSPS) is 10.2. The van der Waals surface area contributed by atoms with Crippen LogP contribution in [0, 0.1) is 17.0 Å². The van der Waals surface area contributed by atoms with Crippen LogP contribution in [0.15, 0.2) is 24.3 Å². The van der Waals surface area contributed by atoms with Crippen molar-refractivity contribution in [3.8, 4) is 11.6 Å². The summed E-state index contributed by atoms with van der Waals surface area (Å²) in [7, 11) is 0. The van der Waals surface area contributed by atoms with Gasteiger partial charge in [-0.3, -0.25) is 15.2 Å². The van der Waals surface area contributed by atoms with E-state index in [1.165, 1.54) is 18.2 Å². The van der Waals surface area contributed by atoms with Gasteiger partial charge in [-0.1, -0.05) is 0 Å². The van der Waals surface area contributed by atoms with Crippen molar-refractivity contribution in [3.05, 3.63) is 40.1 Å². The van der Waals surface area contributed by atoms with Gasteiger partial charge in [0.1, 0.15) is 11.4 Å². The first kappa shape index (κ1) is 10.9. The first-order valence-electron chi connectivity index (χ1n) is 4.80. The van der Waals surface area contributed by atoms with Gasteiger partial charge in [0.2, 0.25) is 5.88 Å². The summed E-state index contributed by atoms with van der Waals surface area (Å²) in [4.78, 5) is 10.0. The average Bonchev–Trinajstić information content (AvgIpc) is 2.63. The van der Waals surface area contributed by atoms with Gasteiger partial charge in [0.15, 0.2) is 0 Å². The van der Waals surface area contributed by atoms with E-state index in [1.54, 1.807) is 6.07 Å². The summed E-state index contributed by atoms with van der Waals surface area (Å²) in [5.41, 5.74) is 6.30. The zero-order valence-corrected chi connectivity index (χ0v) is 9.01. The smallest absolute Gasteiger partial charge is 0.292 e. The van der Waals surface area contributed by atoms with Gasteiger partial charge < -0.3 is 10.5 Å². The number of nitro benzene ring substituents is 1. The third-order valence-corrected chi connectivity index (χ3v) is 2.10. The number of aromatic nitrogens is 2. The lowest BCUT2D eigenvalue weighted by Gasteiger charge is -2.03. The highest BCUT2D eigenvalue weighted by Crippen LogP contribution is 2.28. The fourth-order valence-electron chi connectivity index (χ4n) is 1.33. The molecule has 17 heavy (non-hydrogen) atoms. The first-order valence-corrected chi connectivity index (χ1v) is 4.80. The van der Waals surface area contributed by atoms with Crippen LogP contribution in [-0.2, 0) is 0 Å². The van der Waals surface area contributed by atoms with Crippen LogP contribution >= 0.6 is 0 Å². The minimum atomic E-state index is -0.544. The molecule has 0 aliphatic heterocycles. The Hall–Kier alpha value is -2.57. The quantitative estimate of drug-likeness (QED) is 0.479. The van der Waals surface area contributed by atoms with Crippen LogP contribution in [0.2, 0.25) is 0 Å². The minimum Gasteiger partial charge on any atom is -0.437 e. The third kappa shape index (κ3) is 2.33. The van der Waals surface area contributed by atoms with Crippen molar-refractivity contribution in [1.29, 1.82) is 0 Å². The average molecular weight is 234 g/mol. The first-order chi connectivity index (χ1) is 8.06. The van der Waals surface area contributed by atoms with Gasteiger partial charge in [-0.05, 0) is 13.0 Å². The number of nitro groups is 1. The number of rotatable bonds is 3. The van der Waals surface area contributed by atoms with Crippen LogP contribution in [0.4, 0.5) is 11.4 Å². The van der Waals surface area contributed by atoms with E-state index in [0.29, 0.717) is 11.6 Å². The number of nitrogens with two attached hydrogens (primary N) is 1. The van der Waals surface area contributed by atoms with Crippen molar-refractivity contribution in [1.82, 2.24) is 10.2 Å². The van der Waals surface area contributed by atoms with Crippen LogP contribution in [0.5, 0.6) is 11.6 Å². The Kier molecular flexibility index (Phi) is 2.65. The molecule has 0 saturated heterocycles. The molecular formula is C10H10N4O3. The van der Waals surface area contributed by atoms with Crippen LogP contribution in [-0.4, -0.2) is 15.1 Å². The standard InChI is InChI=1S/C10H10N4O3/c1-6-4-10(13-12-6)17-7-2-3-9(14(15)16)8(11)5-7/h2-5H,11H2,1H3,(H,12,13). The van der Waals surface area contributed by atoms with E-state index in [1.807, 2.05) is 6.92 Å². The monoisotopic (exact) mass is 234 g/mol. The molecule has 7 nitrogen and oxygen atoms in total. The Morgan fingerprint density at radius 1 is 1.47 bits per heavy atom. The third-order valence-electron chi connectivity index (χ3n) is 2.10. The van der Waals surface area contributed by atoms with E-state index < -0.39 is 4.92 Å². The van der Waals surface area contributed by atoms with E-state index >= 15 is 0 Å². The maximum Gasteiger partial charge on any atom is 0.292 e. The molecule has 3 N–H and O–H groups in total. The number of nitrogens with zero attached hydrogens (tertiary/aromatic N) is 2. The minimum absolute atomic E-state index is 0.0553. The maximum atomic E-state index is 10.6. The Bertz CT molecular complexity index is 564. The molecule has 0 aliphatic rings. The predicted molar refractivity (Wildman–Crippen MR) is 60.9 cm³/mol. The topological polar surface area (TPSA) is 107 Å². The number of hydrogen-bond donors (Lipinski definition) is 2. The van der Waals surface area contributed by atoms with E-state index in [-0.39, 0.29) is 11.4 Å². The number of ether oxygens (including phenoxy) is 1. The number of aromatic amines is 1. The van der Waals surface area contributed by atoms with Crippen molar-refractivity contribution < 1.29 is 9.66 Å². The molecular weight excluding hydrogens is 224 g/mol. The second kappa shape index (κ2) is 4.12. The number of anilines is 1. The van der Waals surface area contributed by atoms with Crippen LogP contribution in [0.1, 0.15) is 5.69 Å². The van der Waals surface area contributed by atoms with E-state index in [4.69, 9.17) is 10.5 Å². The summed E-state index contributed by atoms with van der Waals surface area (Å²) in [5, 5.41) is 17.2. The molecule has 0 unspecified atom stereocenters. The van der Waals surface area contributed by atoms with Crippen LogP contribution in [0.25, 0.3) is 0 Å². The Morgan fingerprint density at radius 2 is 2.24 bits per heavy atom. The number of H-pyrrole nitrogens is 1. The molecule has 1 aromatic heterocycles. The molecule has 2 rings (SSSR count). The van der Waals surface area contributed by atoms with Gasteiger partial charge in [-0.25, -0.2) is 0 Å². The molecule has 0 aliphatic carbocycles. The van der Waals surface area contributed by atoms with E-state index in [2.05, 4.69) is 10.2 Å². The van der Waals surface area contributed by atoms with Crippen molar-refractivity contribution in [2.24, 2.45) is 0 Å². The molecule has 2 aromatic rings. The summed E-state index contributed by atoms with van der Waals surface area (Å²) in [6, 6.07) is 5.86. The lowest BCUT2D eigenvalue weighted by Crippen LogP contribution is -1.96. The highest BCUT2D eigenvalue weighted by molar-refractivity contribution is 5.61. The lowest BCUT2D eigenvalue weighted by molar-refractivity contribution is -0.383. The predicted octanol–water partition coefficient (Wildman–Crippen LogP) is 2.00. The van der Waals surface area contributed by atoms with E-state index in [0.717, 1.165) is 5.69 Å². The van der Waals surface area contributed by atoms with Gasteiger partial charge in [-0.2, -0.15) is 0 Å². The number of nitrogens with one attached hydrogen (secondary N) is 1. The largest absolute Gasteiger partial charge is 0.437 e. The molecule has 0 saturated carbocycles. The van der Waals surface area contributed by atoms with Crippen LogP contribution in [0.3, 0.4) is 0 Å². The molecule has 7 heteroatoms. The van der Waals surface area contributed by atoms with Gasteiger partial charge in [0.25, 0.3) is 5.69 Å². The molecule has 1 aromatic carbocycles. The Morgan fingerprint density at radius 3 is 2.76 bits per heavy atom.